The Hall–Kier alpha value is -1.82. The van der Waals surface area contributed by atoms with Crippen LogP contribution in [0.3, 0.4) is 0 Å². The molecule has 1 fully saturated rings. The van der Waals surface area contributed by atoms with Crippen LogP contribution in [0.5, 0.6) is 0 Å². The summed E-state index contributed by atoms with van der Waals surface area (Å²) in [7, 11) is 0. The van der Waals surface area contributed by atoms with Crippen LogP contribution in [0, 0.1) is 11.3 Å². The van der Waals surface area contributed by atoms with Gasteiger partial charge in [0, 0.05) is 18.7 Å². The Morgan fingerprint density at radius 3 is 2.93 bits per heavy atom. The minimum Gasteiger partial charge on any atom is -0.312 e. The van der Waals surface area contributed by atoms with Crippen LogP contribution in [-0.2, 0) is 4.79 Å². The van der Waals surface area contributed by atoms with Gasteiger partial charge in [-0.05, 0) is 24.6 Å². The van der Waals surface area contributed by atoms with E-state index in [1.165, 1.54) is 0 Å². The van der Waals surface area contributed by atoms with E-state index in [1.54, 1.807) is 23.1 Å². The lowest BCUT2D eigenvalue weighted by Gasteiger charge is -2.15. The molecule has 0 radical (unpaired) electrons. The van der Waals surface area contributed by atoms with Crippen molar-refractivity contribution in [3.8, 4) is 6.07 Å². The third-order valence-corrected chi connectivity index (χ3v) is 2.36. The molecule has 14 heavy (non-hydrogen) atoms. The second-order valence-electron chi connectivity index (χ2n) is 3.31. The summed E-state index contributed by atoms with van der Waals surface area (Å²) in [6.45, 7) is 0.772. The lowest BCUT2D eigenvalue weighted by atomic mass is 10.2. The molecule has 0 saturated carbocycles. The van der Waals surface area contributed by atoms with Gasteiger partial charge < -0.3 is 4.90 Å². The highest BCUT2D eigenvalue weighted by Crippen LogP contribution is 2.21. The van der Waals surface area contributed by atoms with Crippen molar-refractivity contribution < 1.29 is 4.79 Å². The third kappa shape index (κ3) is 1.47. The van der Waals surface area contributed by atoms with Crippen LogP contribution in [-0.4, -0.2) is 12.5 Å². The Morgan fingerprint density at radius 1 is 1.43 bits per heavy atom. The standard InChI is InChI=1S/C11H10N2O/c12-8-9-3-1-4-10(7-9)13-6-2-5-11(13)14/h1,3-4,7H,2,5-6H2. The Morgan fingerprint density at radius 2 is 2.29 bits per heavy atom. The minimum atomic E-state index is 0.153. The molecule has 1 aliphatic heterocycles. The molecule has 3 heteroatoms. The Balaban J connectivity index is 2.32. The highest BCUT2D eigenvalue weighted by molar-refractivity contribution is 5.95. The topological polar surface area (TPSA) is 44.1 Å². The van der Waals surface area contributed by atoms with Crippen molar-refractivity contribution in [3.63, 3.8) is 0 Å². The van der Waals surface area contributed by atoms with E-state index in [1.807, 2.05) is 6.07 Å². The first-order valence-corrected chi connectivity index (χ1v) is 4.62. The molecule has 0 spiro atoms. The lowest BCUT2D eigenvalue weighted by Crippen LogP contribution is -2.23. The molecule has 2 rings (SSSR count). The molecule has 0 atom stereocenters. The molecule has 1 saturated heterocycles. The summed E-state index contributed by atoms with van der Waals surface area (Å²) in [6, 6.07) is 9.23. The van der Waals surface area contributed by atoms with Crippen molar-refractivity contribution >= 4 is 11.6 Å². The minimum absolute atomic E-state index is 0.153. The summed E-state index contributed by atoms with van der Waals surface area (Å²) in [5.74, 6) is 0.153. The number of benzene rings is 1. The van der Waals surface area contributed by atoms with Crippen LogP contribution in [0.1, 0.15) is 18.4 Å². The average Bonchev–Trinajstić information content (AvgIpc) is 2.65. The first-order chi connectivity index (χ1) is 6.81. The predicted octanol–water partition coefficient (Wildman–Crippen LogP) is 1.69. The van der Waals surface area contributed by atoms with Crippen molar-refractivity contribution in [2.45, 2.75) is 12.8 Å². The fourth-order valence-electron chi connectivity index (χ4n) is 1.66. The fraction of sp³-hybridized carbons (Fsp3) is 0.273. The van der Waals surface area contributed by atoms with E-state index in [9.17, 15) is 4.79 Å². The molecular formula is C11H10N2O. The molecule has 3 nitrogen and oxygen atoms in total. The quantitative estimate of drug-likeness (QED) is 0.669. The number of rotatable bonds is 1. The maximum absolute atomic E-state index is 11.4. The van der Waals surface area contributed by atoms with E-state index < -0.39 is 0 Å². The number of amides is 1. The fourth-order valence-corrected chi connectivity index (χ4v) is 1.66. The summed E-state index contributed by atoms with van der Waals surface area (Å²) in [4.78, 5) is 13.2. The van der Waals surface area contributed by atoms with Crippen LogP contribution >= 0.6 is 0 Å². The molecule has 0 N–H and O–H groups in total. The predicted molar refractivity (Wildman–Crippen MR) is 52.7 cm³/mol. The number of carbonyl (C=O) groups is 1. The van der Waals surface area contributed by atoms with Crippen molar-refractivity contribution in [1.82, 2.24) is 0 Å². The van der Waals surface area contributed by atoms with E-state index in [0.717, 1.165) is 18.7 Å². The van der Waals surface area contributed by atoms with Gasteiger partial charge in [0.1, 0.15) is 0 Å². The zero-order valence-corrected chi connectivity index (χ0v) is 7.73. The van der Waals surface area contributed by atoms with Gasteiger partial charge in [0.15, 0.2) is 0 Å². The Labute approximate surface area is 82.6 Å². The van der Waals surface area contributed by atoms with Gasteiger partial charge in [-0.2, -0.15) is 5.26 Å². The largest absolute Gasteiger partial charge is 0.312 e. The van der Waals surface area contributed by atoms with Gasteiger partial charge in [0.05, 0.1) is 11.6 Å². The molecule has 1 aromatic rings. The van der Waals surface area contributed by atoms with Gasteiger partial charge in [-0.25, -0.2) is 0 Å². The number of hydrogen-bond acceptors (Lipinski definition) is 2. The maximum Gasteiger partial charge on any atom is 0.227 e. The monoisotopic (exact) mass is 186 g/mol. The number of nitrogens with zero attached hydrogens (tertiary/aromatic N) is 2. The first-order valence-electron chi connectivity index (χ1n) is 4.62. The van der Waals surface area contributed by atoms with Gasteiger partial charge in [0.2, 0.25) is 5.91 Å². The third-order valence-electron chi connectivity index (χ3n) is 2.36. The molecular weight excluding hydrogens is 176 g/mol. The molecule has 0 aromatic heterocycles. The van der Waals surface area contributed by atoms with Crippen molar-refractivity contribution in [2.24, 2.45) is 0 Å². The van der Waals surface area contributed by atoms with E-state index >= 15 is 0 Å². The van der Waals surface area contributed by atoms with Crippen LogP contribution < -0.4 is 4.90 Å². The van der Waals surface area contributed by atoms with Crippen molar-refractivity contribution in [3.05, 3.63) is 29.8 Å². The molecule has 0 bridgehead atoms. The van der Waals surface area contributed by atoms with Gasteiger partial charge in [0.25, 0.3) is 0 Å². The highest BCUT2D eigenvalue weighted by Gasteiger charge is 2.21. The summed E-state index contributed by atoms with van der Waals surface area (Å²) in [5, 5.41) is 8.72. The molecule has 70 valence electrons. The van der Waals surface area contributed by atoms with Crippen LogP contribution in [0.15, 0.2) is 24.3 Å². The number of nitriles is 1. The number of anilines is 1. The van der Waals surface area contributed by atoms with E-state index in [-0.39, 0.29) is 5.91 Å². The van der Waals surface area contributed by atoms with Crippen LogP contribution in [0.25, 0.3) is 0 Å². The molecule has 1 amide bonds. The number of carbonyl (C=O) groups excluding carboxylic acids is 1. The van der Waals surface area contributed by atoms with Gasteiger partial charge in [-0.1, -0.05) is 6.07 Å². The van der Waals surface area contributed by atoms with Crippen molar-refractivity contribution in [2.75, 3.05) is 11.4 Å². The smallest absolute Gasteiger partial charge is 0.227 e. The zero-order chi connectivity index (χ0) is 9.97. The van der Waals surface area contributed by atoms with E-state index in [0.29, 0.717) is 12.0 Å². The SMILES string of the molecule is N#Cc1cccc(N2CCCC2=O)c1. The molecule has 1 heterocycles. The van der Waals surface area contributed by atoms with Gasteiger partial charge >= 0.3 is 0 Å². The summed E-state index contributed by atoms with van der Waals surface area (Å²) in [5.41, 5.74) is 1.44. The van der Waals surface area contributed by atoms with Crippen LogP contribution in [0.4, 0.5) is 5.69 Å². The zero-order valence-electron chi connectivity index (χ0n) is 7.73. The summed E-state index contributed by atoms with van der Waals surface area (Å²) in [6.07, 6.45) is 1.53. The molecule has 1 aromatic carbocycles. The number of hydrogen-bond donors (Lipinski definition) is 0. The molecule has 0 unspecified atom stereocenters. The van der Waals surface area contributed by atoms with Crippen LogP contribution in [0.2, 0.25) is 0 Å². The summed E-state index contributed by atoms with van der Waals surface area (Å²) >= 11 is 0. The van der Waals surface area contributed by atoms with E-state index in [2.05, 4.69) is 6.07 Å². The summed E-state index contributed by atoms with van der Waals surface area (Å²) < 4.78 is 0. The second-order valence-corrected chi connectivity index (χ2v) is 3.31. The lowest BCUT2D eigenvalue weighted by molar-refractivity contribution is -0.117. The average molecular weight is 186 g/mol. The van der Waals surface area contributed by atoms with Gasteiger partial charge in [-0.3, -0.25) is 4.79 Å². The second kappa shape index (κ2) is 3.51. The Bertz CT molecular complexity index is 406. The van der Waals surface area contributed by atoms with E-state index in [4.69, 9.17) is 5.26 Å². The molecule has 0 aliphatic carbocycles. The molecule has 1 aliphatic rings. The maximum atomic E-state index is 11.4. The first kappa shape index (κ1) is 8.76. The van der Waals surface area contributed by atoms with Crippen molar-refractivity contribution in [1.29, 1.82) is 5.26 Å². The highest BCUT2D eigenvalue weighted by atomic mass is 16.2. The Kier molecular flexibility index (Phi) is 2.19. The van der Waals surface area contributed by atoms with Gasteiger partial charge in [-0.15, -0.1) is 0 Å². The normalized spacial score (nSPS) is 15.6.